The molecule has 2 heterocycles. The summed E-state index contributed by atoms with van der Waals surface area (Å²) < 4.78 is 44.6. The zero-order valence-electron chi connectivity index (χ0n) is 21.7. The van der Waals surface area contributed by atoms with Crippen LogP contribution in [0.1, 0.15) is 33.6 Å². The third kappa shape index (κ3) is 4.65. The summed E-state index contributed by atoms with van der Waals surface area (Å²) in [4.78, 5) is 30.4. The lowest BCUT2D eigenvalue weighted by atomic mass is 10.0. The maximum absolute atomic E-state index is 14.8. The van der Waals surface area contributed by atoms with Crippen LogP contribution in [0.3, 0.4) is 0 Å². The molecule has 2 fully saturated rings. The van der Waals surface area contributed by atoms with Gasteiger partial charge in [0.05, 0.1) is 44.0 Å². The van der Waals surface area contributed by atoms with Gasteiger partial charge in [-0.1, -0.05) is 17.7 Å². The minimum Gasteiger partial charge on any atom is -0.496 e. The highest BCUT2D eigenvalue weighted by atomic mass is 35.5. The van der Waals surface area contributed by atoms with Crippen LogP contribution < -0.4 is 14.2 Å². The van der Waals surface area contributed by atoms with Crippen LogP contribution >= 0.6 is 11.6 Å². The van der Waals surface area contributed by atoms with Crippen molar-refractivity contribution in [3.8, 4) is 28.4 Å². The van der Waals surface area contributed by atoms with Gasteiger partial charge in [0.2, 0.25) is 0 Å². The maximum Gasteiger partial charge on any atom is 0.261 e. The van der Waals surface area contributed by atoms with Crippen molar-refractivity contribution in [3.63, 3.8) is 0 Å². The summed E-state index contributed by atoms with van der Waals surface area (Å²) in [7, 11) is 4.27. The first kappa shape index (κ1) is 26.7. The molecule has 3 aromatic rings. The summed E-state index contributed by atoms with van der Waals surface area (Å²) >= 11 is 6.56. The zero-order chi connectivity index (χ0) is 27.8. The largest absolute Gasteiger partial charge is 0.496 e. The number of amides is 2. The number of carbonyl (C=O) groups excluding carboxylic acids is 2. The average molecular weight is 557 g/mol. The van der Waals surface area contributed by atoms with Crippen molar-refractivity contribution in [1.29, 1.82) is 0 Å². The van der Waals surface area contributed by atoms with E-state index in [9.17, 15) is 18.4 Å². The van der Waals surface area contributed by atoms with Crippen LogP contribution in [0.5, 0.6) is 17.2 Å². The average Bonchev–Trinajstić information content (AvgIpc) is 3.54. The fourth-order valence-corrected chi connectivity index (χ4v) is 5.91. The number of fused-ring (bicyclic) bond motifs is 1. The molecule has 2 amide bonds. The lowest BCUT2D eigenvalue weighted by Crippen LogP contribution is -2.42. The van der Waals surface area contributed by atoms with E-state index in [1.807, 2.05) is 0 Å². The van der Waals surface area contributed by atoms with Gasteiger partial charge in [0, 0.05) is 18.7 Å². The lowest BCUT2D eigenvalue weighted by molar-refractivity contribution is 0.0686. The molecule has 2 aliphatic rings. The van der Waals surface area contributed by atoms with Crippen molar-refractivity contribution in [3.05, 3.63) is 76.3 Å². The van der Waals surface area contributed by atoms with Crippen LogP contribution in [0.15, 0.2) is 48.5 Å². The lowest BCUT2D eigenvalue weighted by Gasteiger charge is -2.26. The Labute approximate surface area is 229 Å². The molecule has 0 spiro atoms. The van der Waals surface area contributed by atoms with E-state index in [0.29, 0.717) is 48.4 Å². The summed E-state index contributed by atoms with van der Waals surface area (Å²) in [6.07, 6.45) is 1.10. The molecule has 7 nitrogen and oxygen atoms in total. The summed E-state index contributed by atoms with van der Waals surface area (Å²) in [6.45, 7) is 0.787. The van der Waals surface area contributed by atoms with Gasteiger partial charge in [-0.15, -0.1) is 0 Å². The van der Waals surface area contributed by atoms with Gasteiger partial charge < -0.3 is 24.0 Å². The molecule has 2 aliphatic heterocycles. The molecule has 204 valence electrons. The summed E-state index contributed by atoms with van der Waals surface area (Å²) in [5.74, 6) is -1.10. The van der Waals surface area contributed by atoms with Crippen molar-refractivity contribution >= 4 is 23.4 Å². The number of likely N-dealkylation sites (tertiary alicyclic amines) is 2. The number of benzene rings is 3. The van der Waals surface area contributed by atoms with E-state index in [0.717, 1.165) is 0 Å². The molecule has 0 bridgehead atoms. The van der Waals surface area contributed by atoms with E-state index in [1.54, 1.807) is 28.0 Å². The number of hydrogen-bond donors (Lipinski definition) is 0. The number of nitrogens with zero attached hydrogens (tertiary/aromatic N) is 2. The Kier molecular flexibility index (Phi) is 7.36. The Morgan fingerprint density at radius 2 is 1.46 bits per heavy atom. The summed E-state index contributed by atoms with van der Waals surface area (Å²) in [5, 5.41) is 0.224. The van der Waals surface area contributed by atoms with Gasteiger partial charge in [-0.3, -0.25) is 9.59 Å². The highest BCUT2D eigenvalue weighted by Gasteiger charge is 2.47. The number of rotatable bonds is 6. The molecule has 0 aliphatic carbocycles. The Morgan fingerprint density at radius 1 is 0.821 bits per heavy atom. The summed E-state index contributed by atoms with van der Waals surface area (Å²) in [6, 6.07) is 11.2. The minimum atomic E-state index is -0.700. The second kappa shape index (κ2) is 10.7. The molecule has 0 unspecified atom stereocenters. The Balaban J connectivity index is 1.38. The SMILES string of the molecule is COc1ccc(F)cc1-c1ccc(C(=O)N2CC[C@@H]3[C@@H]2CCN3C(=O)c2c(F)ccc(OC)c2OC)c(Cl)c1. The highest BCUT2D eigenvalue weighted by Crippen LogP contribution is 2.39. The van der Waals surface area contributed by atoms with Gasteiger partial charge in [0.1, 0.15) is 22.9 Å². The third-order valence-electron chi connectivity index (χ3n) is 7.48. The van der Waals surface area contributed by atoms with Crippen LogP contribution in [-0.2, 0) is 0 Å². The number of halogens is 3. The highest BCUT2D eigenvalue weighted by molar-refractivity contribution is 6.34. The first-order chi connectivity index (χ1) is 18.8. The molecular formula is C29H27ClF2N2O5. The van der Waals surface area contributed by atoms with E-state index in [1.165, 1.54) is 51.7 Å². The van der Waals surface area contributed by atoms with Gasteiger partial charge in [-0.05, 0) is 60.9 Å². The molecule has 2 saturated heterocycles. The van der Waals surface area contributed by atoms with Crippen molar-refractivity contribution in [2.45, 2.75) is 24.9 Å². The van der Waals surface area contributed by atoms with Crippen LogP contribution in [0.2, 0.25) is 5.02 Å². The van der Waals surface area contributed by atoms with Gasteiger partial charge >= 0.3 is 0 Å². The number of hydrogen-bond acceptors (Lipinski definition) is 5. The molecule has 5 rings (SSSR count). The smallest absolute Gasteiger partial charge is 0.261 e. The van der Waals surface area contributed by atoms with Crippen molar-refractivity contribution in [2.75, 3.05) is 34.4 Å². The fourth-order valence-electron chi connectivity index (χ4n) is 5.65. The molecule has 0 aromatic heterocycles. The second-order valence-electron chi connectivity index (χ2n) is 9.41. The van der Waals surface area contributed by atoms with Crippen LogP contribution in [0.4, 0.5) is 8.78 Å². The first-order valence-corrected chi connectivity index (χ1v) is 12.8. The molecule has 39 heavy (non-hydrogen) atoms. The van der Waals surface area contributed by atoms with Gasteiger partial charge in [0.15, 0.2) is 11.5 Å². The van der Waals surface area contributed by atoms with Crippen molar-refractivity contribution in [2.24, 2.45) is 0 Å². The van der Waals surface area contributed by atoms with Crippen molar-refractivity contribution in [1.82, 2.24) is 9.80 Å². The predicted octanol–water partition coefficient (Wildman–Crippen LogP) is 5.44. The number of methoxy groups -OCH3 is 3. The number of ether oxygens (including phenoxy) is 3. The van der Waals surface area contributed by atoms with Crippen molar-refractivity contribution < 1.29 is 32.6 Å². The Morgan fingerprint density at radius 3 is 2.08 bits per heavy atom. The van der Waals surface area contributed by atoms with Crippen LogP contribution in [-0.4, -0.2) is 68.1 Å². The van der Waals surface area contributed by atoms with Crippen LogP contribution in [0.25, 0.3) is 11.1 Å². The Bertz CT molecular complexity index is 1450. The summed E-state index contributed by atoms with van der Waals surface area (Å²) in [5.41, 5.74) is 1.25. The zero-order valence-corrected chi connectivity index (χ0v) is 22.4. The topological polar surface area (TPSA) is 68.3 Å². The molecule has 0 saturated carbocycles. The van der Waals surface area contributed by atoms with Gasteiger partial charge in [-0.25, -0.2) is 8.78 Å². The molecule has 0 N–H and O–H groups in total. The quantitative estimate of drug-likeness (QED) is 0.404. The van der Waals surface area contributed by atoms with E-state index in [4.69, 9.17) is 25.8 Å². The molecule has 3 aromatic carbocycles. The monoisotopic (exact) mass is 556 g/mol. The predicted molar refractivity (Wildman–Crippen MR) is 142 cm³/mol. The molecule has 0 radical (unpaired) electrons. The standard InChI is InChI=1S/C29H27ClF2N2O5/c1-37-24-8-5-17(31)15-19(24)16-4-6-18(20(30)14-16)28(35)33-12-10-23-22(33)11-13-34(23)29(36)26-21(32)7-9-25(38-2)27(26)39-3/h4-9,14-15,22-23H,10-13H2,1-3H3/t22-,23+/m0/s1. The Hall–Kier alpha value is -3.85. The molecular weight excluding hydrogens is 530 g/mol. The van der Waals surface area contributed by atoms with E-state index >= 15 is 0 Å². The van der Waals surface area contributed by atoms with Crippen LogP contribution in [0, 0.1) is 11.6 Å². The minimum absolute atomic E-state index is 0.0404. The van der Waals surface area contributed by atoms with Gasteiger partial charge in [-0.2, -0.15) is 0 Å². The van der Waals surface area contributed by atoms with E-state index in [2.05, 4.69) is 0 Å². The first-order valence-electron chi connectivity index (χ1n) is 12.4. The van der Waals surface area contributed by atoms with E-state index in [-0.39, 0.29) is 40.1 Å². The molecule has 10 heteroatoms. The number of carbonyl (C=O) groups is 2. The fraction of sp³-hybridized carbons (Fsp3) is 0.310. The van der Waals surface area contributed by atoms with E-state index < -0.39 is 17.5 Å². The molecule has 2 atom stereocenters. The normalized spacial score (nSPS) is 18.2. The third-order valence-corrected chi connectivity index (χ3v) is 7.79. The van der Waals surface area contributed by atoms with Gasteiger partial charge in [0.25, 0.3) is 11.8 Å². The maximum atomic E-state index is 14.8. The second-order valence-corrected chi connectivity index (χ2v) is 9.81.